The molecule has 2 aliphatic rings. The fourth-order valence-electron chi connectivity index (χ4n) is 3.53. The predicted molar refractivity (Wildman–Crippen MR) is 80.5 cm³/mol. The smallest absolute Gasteiger partial charge is 0.257 e. The molecule has 1 saturated heterocycles. The van der Waals surface area contributed by atoms with E-state index in [0.717, 1.165) is 25.7 Å². The summed E-state index contributed by atoms with van der Waals surface area (Å²) < 4.78 is 14.6. The monoisotopic (exact) mass is 353 g/mol. The summed E-state index contributed by atoms with van der Waals surface area (Å²) in [7, 11) is 0. The van der Waals surface area contributed by atoms with Crippen LogP contribution < -0.4 is 0 Å². The van der Waals surface area contributed by atoms with Crippen LogP contribution in [0.5, 0.6) is 0 Å². The van der Waals surface area contributed by atoms with Crippen molar-refractivity contribution in [2.45, 2.75) is 38.1 Å². The number of benzene rings is 1. The molecule has 1 aliphatic heterocycles. The van der Waals surface area contributed by atoms with E-state index in [1.54, 1.807) is 11.0 Å². The second-order valence-electron chi connectivity index (χ2n) is 5.80. The zero-order chi connectivity index (χ0) is 15.0. The Bertz CT molecular complexity index is 590. The zero-order valence-electron chi connectivity index (χ0n) is 11.6. The van der Waals surface area contributed by atoms with Crippen molar-refractivity contribution in [2.24, 2.45) is 5.92 Å². The van der Waals surface area contributed by atoms with Crippen LogP contribution in [0.1, 0.15) is 42.5 Å². The van der Waals surface area contributed by atoms with E-state index in [1.807, 2.05) is 0 Å². The molecular formula is C16H17BrFNO2. The zero-order valence-corrected chi connectivity index (χ0v) is 13.2. The highest BCUT2D eigenvalue weighted by molar-refractivity contribution is 9.10. The summed E-state index contributed by atoms with van der Waals surface area (Å²) in [6.45, 7) is 0.610. The van der Waals surface area contributed by atoms with Gasteiger partial charge in [0.15, 0.2) is 0 Å². The highest BCUT2D eigenvalue weighted by Gasteiger charge is 2.40. The molecule has 112 valence electrons. The number of nitrogens with zero attached hydrogens (tertiary/aromatic N) is 1. The lowest BCUT2D eigenvalue weighted by atomic mass is 9.94. The van der Waals surface area contributed by atoms with Crippen molar-refractivity contribution in [1.29, 1.82) is 0 Å². The lowest BCUT2D eigenvalue weighted by Gasteiger charge is -2.28. The first-order valence-electron chi connectivity index (χ1n) is 7.36. The molecule has 1 aliphatic carbocycles. The molecule has 2 fully saturated rings. The molecule has 0 N–H and O–H groups in total. The Morgan fingerprint density at radius 2 is 2.10 bits per heavy atom. The molecule has 0 aromatic heterocycles. The molecule has 3 rings (SSSR count). The highest BCUT2D eigenvalue weighted by atomic mass is 79.9. The van der Waals surface area contributed by atoms with Crippen molar-refractivity contribution in [3.63, 3.8) is 0 Å². The first-order chi connectivity index (χ1) is 10.1. The van der Waals surface area contributed by atoms with Crippen molar-refractivity contribution < 1.29 is 14.0 Å². The van der Waals surface area contributed by atoms with Gasteiger partial charge in [-0.15, -0.1) is 0 Å². The standard InChI is InChI=1S/C16H17BrFNO2/c17-10-6-7-13(18)12(9-10)16(21)19-8-2-4-14(19)11-3-1-5-15(11)20/h6-7,9,11,14H,1-5,8H2. The molecule has 1 amide bonds. The number of carbonyl (C=O) groups excluding carboxylic acids is 2. The van der Waals surface area contributed by atoms with Crippen LogP contribution in [0, 0.1) is 11.7 Å². The minimum Gasteiger partial charge on any atom is -0.335 e. The van der Waals surface area contributed by atoms with E-state index < -0.39 is 5.82 Å². The average Bonchev–Trinajstić information content (AvgIpc) is 3.08. The third-order valence-electron chi connectivity index (χ3n) is 4.54. The Morgan fingerprint density at radius 1 is 1.29 bits per heavy atom. The van der Waals surface area contributed by atoms with Gasteiger partial charge in [-0.25, -0.2) is 4.39 Å². The number of hydrogen-bond acceptors (Lipinski definition) is 2. The molecule has 2 atom stereocenters. The normalized spacial score (nSPS) is 25.6. The predicted octanol–water partition coefficient (Wildman–Crippen LogP) is 3.56. The minimum atomic E-state index is -0.508. The topological polar surface area (TPSA) is 37.4 Å². The molecule has 1 aromatic rings. The van der Waals surface area contributed by atoms with E-state index in [2.05, 4.69) is 15.9 Å². The van der Waals surface area contributed by atoms with E-state index in [9.17, 15) is 14.0 Å². The molecule has 1 heterocycles. The molecule has 0 spiro atoms. The van der Waals surface area contributed by atoms with Crippen LogP contribution in [0.2, 0.25) is 0 Å². The van der Waals surface area contributed by atoms with Crippen LogP contribution in [-0.2, 0) is 4.79 Å². The maximum Gasteiger partial charge on any atom is 0.257 e. The Balaban J connectivity index is 1.86. The average molecular weight is 354 g/mol. The number of carbonyl (C=O) groups is 2. The van der Waals surface area contributed by atoms with Gasteiger partial charge < -0.3 is 4.90 Å². The van der Waals surface area contributed by atoms with E-state index in [4.69, 9.17) is 0 Å². The Hall–Kier alpha value is -1.23. The fraction of sp³-hybridized carbons (Fsp3) is 0.500. The second kappa shape index (κ2) is 5.87. The van der Waals surface area contributed by atoms with Gasteiger partial charge in [-0.05, 0) is 43.9 Å². The number of rotatable bonds is 2. The Kier molecular flexibility index (Phi) is 4.11. The number of likely N-dealkylation sites (tertiary alicyclic amines) is 1. The molecule has 21 heavy (non-hydrogen) atoms. The summed E-state index contributed by atoms with van der Waals surface area (Å²) in [4.78, 5) is 26.3. The van der Waals surface area contributed by atoms with Gasteiger partial charge in [-0.3, -0.25) is 9.59 Å². The van der Waals surface area contributed by atoms with Crippen LogP contribution in [-0.4, -0.2) is 29.2 Å². The molecular weight excluding hydrogens is 337 g/mol. The van der Waals surface area contributed by atoms with Gasteiger partial charge in [-0.2, -0.15) is 0 Å². The lowest BCUT2D eigenvalue weighted by molar-refractivity contribution is -0.121. The number of hydrogen-bond donors (Lipinski definition) is 0. The van der Waals surface area contributed by atoms with Crippen LogP contribution in [0.15, 0.2) is 22.7 Å². The summed E-state index contributed by atoms with van der Waals surface area (Å²) >= 11 is 3.27. The molecule has 0 bridgehead atoms. The summed E-state index contributed by atoms with van der Waals surface area (Å²) in [6, 6.07) is 4.34. The van der Waals surface area contributed by atoms with Crippen LogP contribution >= 0.6 is 15.9 Å². The van der Waals surface area contributed by atoms with Crippen molar-refractivity contribution in [3.8, 4) is 0 Å². The molecule has 2 unspecified atom stereocenters. The summed E-state index contributed by atoms with van der Waals surface area (Å²) in [6.07, 6.45) is 4.11. The number of amides is 1. The molecule has 0 radical (unpaired) electrons. The quantitative estimate of drug-likeness (QED) is 0.814. The highest BCUT2D eigenvalue weighted by Crippen LogP contribution is 2.34. The van der Waals surface area contributed by atoms with Crippen molar-refractivity contribution in [2.75, 3.05) is 6.54 Å². The summed E-state index contributed by atoms with van der Waals surface area (Å²) in [5, 5.41) is 0. The molecule has 5 heteroatoms. The SMILES string of the molecule is O=C1CCCC1C1CCCN1C(=O)c1cc(Br)ccc1F. The number of Topliss-reactive ketones (excluding diaryl/α,β-unsaturated/α-hetero) is 1. The maximum absolute atomic E-state index is 13.9. The van der Waals surface area contributed by atoms with Gasteiger partial charge in [0.25, 0.3) is 5.91 Å². The molecule has 1 saturated carbocycles. The number of halogens is 2. The Labute approximate surface area is 131 Å². The van der Waals surface area contributed by atoms with E-state index in [1.165, 1.54) is 12.1 Å². The van der Waals surface area contributed by atoms with Gasteiger partial charge in [-0.1, -0.05) is 15.9 Å². The van der Waals surface area contributed by atoms with Gasteiger partial charge in [0.2, 0.25) is 0 Å². The fourth-order valence-corrected chi connectivity index (χ4v) is 3.89. The van der Waals surface area contributed by atoms with Crippen LogP contribution in [0.4, 0.5) is 4.39 Å². The third-order valence-corrected chi connectivity index (χ3v) is 5.03. The van der Waals surface area contributed by atoms with Gasteiger partial charge in [0, 0.05) is 29.4 Å². The Morgan fingerprint density at radius 3 is 2.81 bits per heavy atom. The van der Waals surface area contributed by atoms with E-state index in [-0.39, 0.29) is 29.2 Å². The van der Waals surface area contributed by atoms with Gasteiger partial charge in [0.05, 0.1) is 5.56 Å². The number of ketones is 1. The first kappa shape index (κ1) is 14.7. The largest absolute Gasteiger partial charge is 0.335 e. The van der Waals surface area contributed by atoms with Crippen LogP contribution in [0.3, 0.4) is 0 Å². The summed E-state index contributed by atoms with van der Waals surface area (Å²) in [5.41, 5.74) is 0.0849. The summed E-state index contributed by atoms with van der Waals surface area (Å²) in [5.74, 6) is -0.594. The van der Waals surface area contributed by atoms with E-state index in [0.29, 0.717) is 17.4 Å². The molecule has 3 nitrogen and oxygen atoms in total. The minimum absolute atomic E-state index is 0.0494. The lowest BCUT2D eigenvalue weighted by Crippen LogP contribution is -2.41. The van der Waals surface area contributed by atoms with E-state index >= 15 is 0 Å². The van der Waals surface area contributed by atoms with Gasteiger partial charge >= 0.3 is 0 Å². The molecule has 1 aromatic carbocycles. The first-order valence-corrected chi connectivity index (χ1v) is 8.16. The third kappa shape index (κ3) is 2.76. The second-order valence-corrected chi connectivity index (χ2v) is 6.71. The maximum atomic E-state index is 13.9. The van der Waals surface area contributed by atoms with Crippen molar-refractivity contribution >= 4 is 27.6 Å². The van der Waals surface area contributed by atoms with Crippen molar-refractivity contribution in [1.82, 2.24) is 4.90 Å². The van der Waals surface area contributed by atoms with Crippen molar-refractivity contribution in [3.05, 3.63) is 34.1 Å². The van der Waals surface area contributed by atoms with Gasteiger partial charge in [0.1, 0.15) is 11.6 Å². The van der Waals surface area contributed by atoms with Crippen LogP contribution in [0.25, 0.3) is 0 Å².